The standard InChI is InChI=1S/C10H14N4O3/c15-8-5-7(13-10(17)14-8)9(16)12-6-1-3-11-4-2-6/h5-6,11H,1-4H2,(H,12,16)(H2,13,14,15,17). The van der Waals surface area contributed by atoms with Gasteiger partial charge in [0.15, 0.2) is 0 Å². The zero-order valence-corrected chi connectivity index (χ0v) is 9.21. The molecule has 0 atom stereocenters. The van der Waals surface area contributed by atoms with Gasteiger partial charge in [-0.25, -0.2) is 4.79 Å². The Bertz CT molecular complexity index is 485. The second kappa shape index (κ2) is 4.96. The van der Waals surface area contributed by atoms with Crippen LogP contribution < -0.4 is 21.9 Å². The number of carbonyl (C=O) groups is 1. The Morgan fingerprint density at radius 3 is 2.59 bits per heavy atom. The van der Waals surface area contributed by atoms with Crippen molar-refractivity contribution in [3.63, 3.8) is 0 Å². The van der Waals surface area contributed by atoms with E-state index >= 15 is 0 Å². The molecular formula is C10H14N4O3. The summed E-state index contributed by atoms with van der Waals surface area (Å²) in [5.41, 5.74) is -1.26. The molecule has 1 aromatic heterocycles. The van der Waals surface area contributed by atoms with E-state index in [2.05, 4.69) is 15.6 Å². The zero-order chi connectivity index (χ0) is 12.3. The van der Waals surface area contributed by atoms with Crippen molar-refractivity contribution in [1.82, 2.24) is 20.6 Å². The first-order valence-corrected chi connectivity index (χ1v) is 5.50. The van der Waals surface area contributed by atoms with Gasteiger partial charge in [-0.05, 0) is 25.9 Å². The van der Waals surface area contributed by atoms with Crippen LogP contribution in [0.15, 0.2) is 15.7 Å². The Hall–Kier alpha value is -1.89. The summed E-state index contributed by atoms with van der Waals surface area (Å²) < 4.78 is 0. The average molecular weight is 238 g/mol. The zero-order valence-electron chi connectivity index (χ0n) is 9.21. The van der Waals surface area contributed by atoms with Gasteiger partial charge in [-0.2, -0.15) is 0 Å². The van der Waals surface area contributed by atoms with Gasteiger partial charge in [0.1, 0.15) is 5.69 Å². The van der Waals surface area contributed by atoms with Crippen LogP contribution in [0.3, 0.4) is 0 Å². The van der Waals surface area contributed by atoms with Crippen molar-refractivity contribution in [2.75, 3.05) is 13.1 Å². The van der Waals surface area contributed by atoms with Crippen molar-refractivity contribution in [3.05, 3.63) is 32.6 Å². The maximum Gasteiger partial charge on any atom is 0.326 e. The SMILES string of the molecule is O=C(NC1CCNCC1)c1cc(=O)[nH]c(=O)[nH]1. The number of nitrogens with one attached hydrogen (secondary N) is 4. The fraction of sp³-hybridized carbons (Fsp3) is 0.500. The molecule has 0 unspecified atom stereocenters. The normalized spacial score (nSPS) is 16.7. The molecule has 2 heterocycles. The van der Waals surface area contributed by atoms with Crippen LogP contribution in [0.5, 0.6) is 0 Å². The first-order valence-electron chi connectivity index (χ1n) is 5.50. The number of H-pyrrole nitrogens is 2. The number of piperidine rings is 1. The highest BCUT2D eigenvalue weighted by Gasteiger charge is 2.17. The highest BCUT2D eigenvalue weighted by atomic mass is 16.2. The second-order valence-corrected chi connectivity index (χ2v) is 4.00. The molecule has 1 aliphatic rings. The van der Waals surface area contributed by atoms with Crippen molar-refractivity contribution in [2.24, 2.45) is 0 Å². The topological polar surface area (TPSA) is 107 Å². The predicted octanol–water partition coefficient (Wildman–Crippen LogP) is -1.45. The highest BCUT2D eigenvalue weighted by molar-refractivity contribution is 5.92. The quantitative estimate of drug-likeness (QED) is 0.505. The van der Waals surface area contributed by atoms with E-state index in [1.54, 1.807) is 0 Å². The molecule has 1 fully saturated rings. The first kappa shape index (κ1) is 11.6. The highest BCUT2D eigenvalue weighted by Crippen LogP contribution is 2.02. The van der Waals surface area contributed by atoms with Gasteiger partial charge in [-0.15, -0.1) is 0 Å². The average Bonchev–Trinajstić information content (AvgIpc) is 2.29. The third kappa shape index (κ3) is 3.04. The molecule has 0 spiro atoms. The van der Waals surface area contributed by atoms with Crippen LogP contribution in [-0.4, -0.2) is 35.0 Å². The number of hydrogen-bond donors (Lipinski definition) is 4. The van der Waals surface area contributed by atoms with Crippen LogP contribution in [0, 0.1) is 0 Å². The monoisotopic (exact) mass is 238 g/mol. The molecule has 0 bridgehead atoms. The Kier molecular flexibility index (Phi) is 3.38. The van der Waals surface area contributed by atoms with Crippen molar-refractivity contribution in [3.8, 4) is 0 Å². The van der Waals surface area contributed by atoms with Crippen molar-refractivity contribution < 1.29 is 4.79 Å². The fourth-order valence-electron chi connectivity index (χ4n) is 1.82. The summed E-state index contributed by atoms with van der Waals surface area (Å²) in [4.78, 5) is 38.1. The number of rotatable bonds is 2. The number of amides is 1. The Balaban J connectivity index is 2.08. The van der Waals surface area contributed by atoms with E-state index in [4.69, 9.17) is 0 Å². The van der Waals surface area contributed by atoms with Crippen LogP contribution in [-0.2, 0) is 0 Å². The minimum atomic E-state index is -0.673. The molecular weight excluding hydrogens is 224 g/mol. The molecule has 92 valence electrons. The van der Waals surface area contributed by atoms with Crippen LogP contribution in [0.4, 0.5) is 0 Å². The van der Waals surface area contributed by atoms with Crippen molar-refractivity contribution in [1.29, 1.82) is 0 Å². The van der Waals surface area contributed by atoms with Crippen molar-refractivity contribution >= 4 is 5.91 Å². The molecule has 4 N–H and O–H groups in total. The van der Waals surface area contributed by atoms with Gasteiger partial charge in [0.25, 0.3) is 11.5 Å². The molecule has 1 aromatic rings. The van der Waals surface area contributed by atoms with E-state index in [0.29, 0.717) is 0 Å². The van der Waals surface area contributed by atoms with Gasteiger partial charge < -0.3 is 15.6 Å². The Morgan fingerprint density at radius 1 is 1.24 bits per heavy atom. The van der Waals surface area contributed by atoms with Crippen LogP contribution >= 0.6 is 0 Å². The third-order valence-electron chi connectivity index (χ3n) is 2.68. The molecule has 0 radical (unpaired) electrons. The lowest BCUT2D eigenvalue weighted by atomic mass is 10.1. The maximum atomic E-state index is 11.8. The van der Waals surface area contributed by atoms with E-state index in [1.807, 2.05) is 4.98 Å². The fourth-order valence-corrected chi connectivity index (χ4v) is 1.82. The van der Waals surface area contributed by atoms with E-state index < -0.39 is 17.2 Å². The van der Waals surface area contributed by atoms with E-state index in [1.165, 1.54) is 0 Å². The molecule has 7 heteroatoms. The minimum absolute atomic E-state index is 0.00252. The lowest BCUT2D eigenvalue weighted by Crippen LogP contribution is -2.43. The molecule has 1 saturated heterocycles. The van der Waals surface area contributed by atoms with Gasteiger partial charge in [0, 0.05) is 12.1 Å². The van der Waals surface area contributed by atoms with Gasteiger partial charge >= 0.3 is 5.69 Å². The summed E-state index contributed by atoms with van der Waals surface area (Å²) in [7, 11) is 0. The molecule has 0 aliphatic carbocycles. The molecule has 2 rings (SSSR count). The van der Waals surface area contributed by atoms with E-state index in [-0.39, 0.29) is 11.7 Å². The number of aromatic nitrogens is 2. The molecule has 17 heavy (non-hydrogen) atoms. The lowest BCUT2D eigenvalue weighted by Gasteiger charge is -2.23. The molecule has 1 amide bonds. The number of aromatic amines is 2. The lowest BCUT2D eigenvalue weighted by molar-refractivity contribution is 0.0924. The van der Waals surface area contributed by atoms with Crippen LogP contribution in [0.25, 0.3) is 0 Å². The van der Waals surface area contributed by atoms with Crippen molar-refractivity contribution in [2.45, 2.75) is 18.9 Å². The molecule has 0 saturated carbocycles. The number of carbonyl (C=O) groups excluding carboxylic acids is 1. The third-order valence-corrected chi connectivity index (χ3v) is 2.68. The summed E-state index contributed by atoms with van der Waals surface area (Å²) in [6.45, 7) is 1.72. The smallest absolute Gasteiger partial charge is 0.326 e. The summed E-state index contributed by atoms with van der Waals surface area (Å²) >= 11 is 0. The Morgan fingerprint density at radius 2 is 1.94 bits per heavy atom. The van der Waals surface area contributed by atoms with Gasteiger partial charge in [0.05, 0.1) is 0 Å². The van der Waals surface area contributed by atoms with Gasteiger partial charge in [-0.1, -0.05) is 0 Å². The predicted molar refractivity (Wildman–Crippen MR) is 61.0 cm³/mol. The molecule has 7 nitrogen and oxygen atoms in total. The first-order chi connectivity index (χ1) is 8.15. The maximum absolute atomic E-state index is 11.8. The Labute approximate surface area is 96.6 Å². The largest absolute Gasteiger partial charge is 0.348 e. The van der Waals surface area contributed by atoms with Gasteiger partial charge in [-0.3, -0.25) is 14.6 Å². The minimum Gasteiger partial charge on any atom is -0.348 e. The van der Waals surface area contributed by atoms with E-state index in [9.17, 15) is 14.4 Å². The summed E-state index contributed by atoms with van der Waals surface area (Å²) in [6, 6.07) is 1.17. The van der Waals surface area contributed by atoms with E-state index in [0.717, 1.165) is 32.0 Å². The van der Waals surface area contributed by atoms with Crippen LogP contribution in [0.2, 0.25) is 0 Å². The summed E-state index contributed by atoms with van der Waals surface area (Å²) in [5, 5.41) is 5.97. The summed E-state index contributed by atoms with van der Waals surface area (Å²) in [6.07, 6.45) is 1.69. The van der Waals surface area contributed by atoms with Gasteiger partial charge in [0.2, 0.25) is 0 Å². The van der Waals surface area contributed by atoms with Crippen LogP contribution in [0.1, 0.15) is 23.3 Å². The summed E-state index contributed by atoms with van der Waals surface area (Å²) in [5.74, 6) is -0.417. The molecule has 0 aromatic carbocycles. The number of hydrogen-bond acceptors (Lipinski definition) is 4. The molecule has 1 aliphatic heterocycles. The second-order valence-electron chi connectivity index (χ2n) is 4.00.